The Bertz CT molecular complexity index is 1390. The molecule has 7 rings (SSSR count). The van der Waals surface area contributed by atoms with Gasteiger partial charge < -0.3 is 26.2 Å². The molecule has 0 spiro atoms. The predicted molar refractivity (Wildman–Crippen MR) is 176 cm³/mol. The van der Waals surface area contributed by atoms with E-state index in [0.717, 1.165) is 76.6 Å². The highest BCUT2D eigenvalue weighted by Gasteiger charge is 2.41. The highest BCUT2D eigenvalue weighted by atomic mass is 16.2. The molecule has 3 aliphatic carbocycles. The molecule has 5 aliphatic rings. The van der Waals surface area contributed by atoms with E-state index < -0.39 is 5.91 Å². The van der Waals surface area contributed by atoms with Gasteiger partial charge in [0.1, 0.15) is 5.82 Å². The van der Waals surface area contributed by atoms with Crippen molar-refractivity contribution in [3.05, 3.63) is 53.2 Å². The number of likely N-dealkylation sites (tertiary alicyclic amines) is 1. The molecule has 1 aromatic carbocycles. The van der Waals surface area contributed by atoms with Crippen molar-refractivity contribution in [2.24, 2.45) is 17.6 Å². The Kier molecular flexibility index (Phi) is 8.80. The number of ketones is 1. The Labute approximate surface area is 266 Å². The van der Waals surface area contributed by atoms with E-state index in [1.165, 1.54) is 32.4 Å². The van der Waals surface area contributed by atoms with Crippen molar-refractivity contribution < 1.29 is 14.4 Å². The summed E-state index contributed by atoms with van der Waals surface area (Å²) in [6.07, 6.45) is 16.2. The van der Waals surface area contributed by atoms with E-state index in [-0.39, 0.29) is 29.7 Å². The first-order valence-corrected chi connectivity index (χ1v) is 17.4. The van der Waals surface area contributed by atoms with Crippen molar-refractivity contribution in [2.75, 3.05) is 29.9 Å². The lowest BCUT2D eigenvalue weighted by molar-refractivity contribution is 0.0933. The lowest BCUT2D eigenvalue weighted by Crippen LogP contribution is -2.43. The van der Waals surface area contributed by atoms with Crippen molar-refractivity contribution in [1.29, 1.82) is 0 Å². The molecule has 9 nitrogen and oxygen atoms in total. The van der Waals surface area contributed by atoms with E-state index in [9.17, 15) is 14.4 Å². The maximum Gasteiger partial charge on any atom is 0.251 e. The fourth-order valence-corrected chi connectivity index (χ4v) is 8.55. The molecule has 0 radical (unpaired) electrons. The molecule has 3 unspecified atom stereocenters. The lowest BCUT2D eigenvalue weighted by Gasteiger charge is -2.39. The molecule has 5 fully saturated rings. The van der Waals surface area contributed by atoms with Gasteiger partial charge in [-0.15, -0.1) is 0 Å². The van der Waals surface area contributed by atoms with Crippen LogP contribution in [0, 0.1) is 11.8 Å². The smallest absolute Gasteiger partial charge is 0.251 e. The largest absolute Gasteiger partial charge is 0.382 e. The quantitative estimate of drug-likeness (QED) is 0.335. The molecule has 2 aliphatic heterocycles. The predicted octanol–water partition coefficient (Wildman–Crippen LogP) is 5.16. The number of nitrogens with one attached hydrogen (secondary N) is 2. The third-order valence-electron chi connectivity index (χ3n) is 11.2. The number of Topliss-reactive ketones (excluding diaryl/α,β-unsaturated/α-hetero) is 1. The molecule has 1 aromatic heterocycles. The van der Waals surface area contributed by atoms with Crippen LogP contribution in [0.15, 0.2) is 36.5 Å². The summed E-state index contributed by atoms with van der Waals surface area (Å²) in [6.45, 7) is 3.38. The monoisotopic (exact) mass is 612 g/mol. The zero-order valence-corrected chi connectivity index (χ0v) is 26.4. The highest BCUT2D eigenvalue weighted by Crippen LogP contribution is 2.39. The van der Waals surface area contributed by atoms with Crippen LogP contribution in [0.5, 0.6) is 0 Å². The Morgan fingerprint density at radius 2 is 1.58 bits per heavy atom. The summed E-state index contributed by atoms with van der Waals surface area (Å²) >= 11 is 0. The number of primary amides is 1. The molecular weight excluding hydrogens is 564 g/mol. The molecule has 3 saturated carbocycles. The summed E-state index contributed by atoms with van der Waals surface area (Å²) in [4.78, 5) is 48.1. The zero-order valence-electron chi connectivity index (χ0n) is 26.4. The molecule has 3 heterocycles. The second-order valence-corrected chi connectivity index (χ2v) is 14.2. The Balaban J connectivity index is 0.976. The minimum Gasteiger partial charge on any atom is -0.382 e. The number of hydrogen-bond acceptors (Lipinski definition) is 7. The van der Waals surface area contributed by atoms with Gasteiger partial charge in [0, 0.05) is 59.6 Å². The first-order valence-electron chi connectivity index (χ1n) is 17.4. The number of hydrogen-bond donors (Lipinski definition) is 3. The van der Waals surface area contributed by atoms with Gasteiger partial charge in [-0.3, -0.25) is 14.4 Å². The number of piperidine rings is 2. The fourth-order valence-electron chi connectivity index (χ4n) is 8.55. The number of nitrogens with two attached hydrogens (primary N) is 1. The van der Waals surface area contributed by atoms with Gasteiger partial charge in [0.25, 0.3) is 11.8 Å². The standard InChI is InChI=1S/C36H48N6O3/c37-35(44)30-14-8-25(20-31(30)39-27-10-12-29(13-11-27)41-16-2-1-3-17-41)36(45)40-28-19-24-5-4-18-42(32(24)21-28)33-15-9-26(22-38-33)34(43)23-6-7-23/h8-9,14-15,20,22-24,27-29,32,39H,1-7,10-13,16-19,21H2,(H2,37,44)(H,40,45)/t24?,27-,28?,29-,32?. The van der Waals surface area contributed by atoms with E-state index in [0.29, 0.717) is 40.4 Å². The molecule has 2 aromatic rings. The van der Waals surface area contributed by atoms with E-state index in [2.05, 4.69) is 20.4 Å². The number of amides is 2. The molecular formula is C36H48N6O3. The van der Waals surface area contributed by atoms with Gasteiger partial charge >= 0.3 is 0 Å². The second kappa shape index (κ2) is 13.1. The molecule has 4 N–H and O–H groups in total. The average Bonchev–Trinajstić information content (AvgIpc) is 3.84. The van der Waals surface area contributed by atoms with Gasteiger partial charge in [0.15, 0.2) is 5.78 Å². The van der Waals surface area contributed by atoms with Crippen molar-refractivity contribution >= 4 is 29.1 Å². The molecule has 9 heteroatoms. The van der Waals surface area contributed by atoms with Gasteiger partial charge in [-0.2, -0.15) is 0 Å². The van der Waals surface area contributed by atoms with Crippen molar-refractivity contribution in [3.8, 4) is 0 Å². The van der Waals surface area contributed by atoms with Gasteiger partial charge in [0.2, 0.25) is 0 Å². The van der Waals surface area contributed by atoms with E-state index in [1.807, 2.05) is 18.2 Å². The maximum absolute atomic E-state index is 13.5. The van der Waals surface area contributed by atoms with Crippen LogP contribution in [-0.4, -0.2) is 71.3 Å². The third-order valence-corrected chi connectivity index (χ3v) is 11.2. The minimum absolute atomic E-state index is 0.0705. The summed E-state index contributed by atoms with van der Waals surface area (Å²) in [5, 5.41) is 6.90. The Morgan fingerprint density at radius 3 is 2.29 bits per heavy atom. The fraction of sp³-hybridized carbons (Fsp3) is 0.611. The minimum atomic E-state index is -0.482. The van der Waals surface area contributed by atoms with E-state index in [1.54, 1.807) is 18.3 Å². The van der Waals surface area contributed by atoms with Crippen LogP contribution in [0.4, 0.5) is 11.5 Å². The first-order chi connectivity index (χ1) is 21.9. The number of anilines is 2. The molecule has 45 heavy (non-hydrogen) atoms. The van der Waals surface area contributed by atoms with Crippen LogP contribution >= 0.6 is 0 Å². The number of carbonyl (C=O) groups is 3. The number of pyridine rings is 1. The van der Waals surface area contributed by atoms with Crippen molar-refractivity contribution in [2.45, 2.75) is 108 Å². The Hall–Kier alpha value is -3.46. The summed E-state index contributed by atoms with van der Waals surface area (Å²) < 4.78 is 0. The van der Waals surface area contributed by atoms with Crippen LogP contribution in [-0.2, 0) is 0 Å². The van der Waals surface area contributed by atoms with E-state index in [4.69, 9.17) is 10.7 Å². The normalized spacial score (nSPS) is 28.7. The van der Waals surface area contributed by atoms with Gasteiger partial charge in [0.05, 0.1) is 5.56 Å². The number of benzene rings is 1. The van der Waals surface area contributed by atoms with Gasteiger partial charge in [-0.05, 0) is 126 Å². The SMILES string of the molecule is NC(=O)c1ccc(C(=O)NC2CC3CCCN(c4ccc(C(=O)C5CC5)cn4)C3C2)cc1N[C@H]1CC[C@H](N2CCCCC2)CC1. The summed E-state index contributed by atoms with van der Waals surface area (Å²) in [6, 6.07) is 10.5. The second-order valence-electron chi connectivity index (χ2n) is 14.2. The molecule has 240 valence electrons. The molecule has 3 atom stereocenters. The number of nitrogens with zero attached hydrogens (tertiary/aromatic N) is 3. The van der Waals surface area contributed by atoms with Crippen molar-refractivity contribution in [3.63, 3.8) is 0 Å². The number of carbonyl (C=O) groups excluding carboxylic acids is 3. The molecule has 2 amide bonds. The maximum atomic E-state index is 13.5. The van der Waals surface area contributed by atoms with Crippen LogP contribution in [0.1, 0.15) is 115 Å². The van der Waals surface area contributed by atoms with Crippen LogP contribution in [0.25, 0.3) is 0 Å². The molecule has 0 bridgehead atoms. The highest BCUT2D eigenvalue weighted by molar-refractivity contribution is 6.02. The van der Waals surface area contributed by atoms with Crippen molar-refractivity contribution in [1.82, 2.24) is 15.2 Å². The Morgan fingerprint density at radius 1 is 0.800 bits per heavy atom. The van der Waals surface area contributed by atoms with Crippen LogP contribution in [0.3, 0.4) is 0 Å². The lowest BCUT2D eigenvalue weighted by atomic mass is 9.88. The average molecular weight is 613 g/mol. The molecule has 2 saturated heterocycles. The van der Waals surface area contributed by atoms with Gasteiger partial charge in [-0.1, -0.05) is 6.42 Å². The number of aromatic nitrogens is 1. The van der Waals surface area contributed by atoms with Crippen LogP contribution < -0.4 is 21.3 Å². The topological polar surface area (TPSA) is 121 Å². The van der Waals surface area contributed by atoms with Gasteiger partial charge in [-0.25, -0.2) is 4.98 Å². The summed E-state index contributed by atoms with van der Waals surface area (Å²) in [5.74, 6) is 1.24. The number of fused-ring (bicyclic) bond motifs is 1. The summed E-state index contributed by atoms with van der Waals surface area (Å²) in [7, 11) is 0. The third kappa shape index (κ3) is 6.74. The summed E-state index contributed by atoms with van der Waals surface area (Å²) in [5.41, 5.74) is 8.12. The number of rotatable bonds is 9. The first kappa shape index (κ1) is 30.2. The van der Waals surface area contributed by atoms with Crippen LogP contribution in [0.2, 0.25) is 0 Å². The van der Waals surface area contributed by atoms with E-state index >= 15 is 0 Å². The zero-order chi connectivity index (χ0) is 30.9.